The Kier molecular flexibility index (Phi) is 3.57. The van der Waals surface area contributed by atoms with Crippen LogP contribution in [-0.4, -0.2) is 39.4 Å². The lowest BCUT2D eigenvalue weighted by atomic mass is 9.95. The van der Waals surface area contributed by atoms with E-state index in [1.807, 2.05) is 7.05 Å². The molecule has 1 heterocycles. The molecular formula is C15H17BrN4O. The summed E-state index contributed by atoms with van der Waals surface area (Å²) in [6.07, 6.45) is 3.75. The van der Waals surface area contributed by atoms with Crippen molar-refractivity contribution >= 4 is 21.8 Å². The van der Waals surface area contributed by atoms with Gasteiger partial charge in [-0.2, -0.15) is 0 Å². The lowest BCUT2D eigenvalue weighted by molar-refractivity contribution is 0.0770. The number of aryl methyl sites for hydroxylation is 1. The van der Waals surface area contributed by atoms with Crippen LogP contribution in [0, 0.1) is 0 Å². The summed E-state index contributed by atoms with van der Waals surface area (Å²) < 4.78 is 2.59. The second-order valence-corrected chi connectivity index (χ2v) is 6.61. The van der Waals surface area contributed by atoms with Gasteiger partial charge in [-0.25, -0.2) is 4.68 Å². The van der Waals surface area contributed by atoms with Crippen LogP contribution in [0.1, 0.15) is 28.9 Å². The van der Waals surface area contributed by atoms with Crippen LogP contribution in [-0.2, 0) is 12.5 Å². The number of hydrogen-bond donors (Lipinski definition) is 0. The first-order chi connectivity index (χ1) is 10.0. The van der Waals surface area contributed by atoms with Crippen LogP contribution in [0.3, 0.4) is 0 Å². The summed E-state index contributed by atoms with van der Waals surface area (Å²) in [4.78, 5) is 14.2. The molecule has 0 aliphatic heterocycles. The Labute approximate surface area is 132 Å². The predicted molar refractivity (Wildman–Crippen MR) is 83.0 cm³/mol. The Morgan fingerprint density at radius 2 is 2.05 bits per heavy atom. The molecule has 1 fully saturated rings. The number of aromatic nitrogens is 3. The summed E-state index contributed by atoms with van der Waals surface area (Å²) in [5.74, 6) is -0.0362. The standard InChI is InChI=1S/C15H17BrN4O/c1-19(14(21)13-9-17-18-20(13)2)10-15(7-8-15)11-3-5-12(16)6-4-11/h3-6,9H,7-8,10H2,1-2H3. The molecule has 6 heteroatoms. The molecule has 0 bridgehead atoms. The van der Waals surface area contributed by atoms with Gasteiger partial charge in [0.25, 0.3) is 5.91 Å². The fraction of sp³-hybridized carbons (Fsp3) is 0.400. The monoisotopic (exact) mass is 348 g/mol. The second-order valence-electron chi connectivity index (χ2n) is 5.69. The highest BCUT2D eigenvalue weighted by molar-refractivity contribution is 9.10. The van der Waals surface area contributed by atoms with E-state index in [1.54, 1.807) is 11.9 Å². The van der Waals surface area contributed by atoms with Crippen LogP contribution >= 0.6 is 15.9 Å². The Morgan fingerprint density at radius 1 is 1.38 bits per heavy atom. The molecule has 1 aliphatic rings. The summed E-state index contributed by atoms with van der Waals surface area (Å²) in [7, 11) is 3.57. The van der Waals surface area contributed by atoms with Crippen molar-refractivity contribution in [2.75, 3.05) is 13.6 Å². The molecular weight excluding hydrogens is 332 g/mol. The number of amides is 1. The zero-order valence-corrected chi connectivity index (χ0v) is 13.7. The number of carbonyl (C=O) groups excluding carboxylic acids is 1. The summed E-state index contributed by atoms with van der Waals surface area (Å²) in [6.45, 7) is 0.721. The maximum absolute atomic E-state index is 12.4. The lowest BCUT2D eigenvalue weighted by Crippen LogP contribution is -2.35. The molecule has 1 aromatic heterocycles. The molecule has 1 amide bonds. The zero-order chi connectivity index (χ0) is 15.0. The van der Waals surface area contributed by atoms with E-state index in [-0.39, 0.29) is 11.3 Å². The molecule has 5 nitrogen and oxygen atoms in total. The summed E-state index contributed by atoms with van der Waals surface area (Å²) in [5, 5.41) is 7.58. The van der Waals surface area contributed by atoms with Crippen molar-refractivity contribution in [1.29, 1.82) is 0 Å². The summed E-state index contributed by atoms with van der Waals surface area (Å²) in [5.41, 5.74) is 1.93. The van der Waals surface area contributed by atoms with Crippen LogP contribution < -0.4 is 0 Å². The smallest absolute Gasteiger partial charge is 0.273 e. The van der Waals surface area contributed by atoms with Gasteiger partial charge in [0, 0.05) is 30.5 Å². The number of likely N-dealkylation sites (N-methyl/N-ethyl adjacent to an activating group) is 1. The molecule has 1 aliphatic carbocycles. The number of halogens is 1. The van der Waals surface area contributed by atoms with Crippen LogP contribution in [0.5, 0.6) is 0 Å². The molecule has 0 atom stereocenters. The quantitative estimate of drug-likeness (QED) is 0.852. The van der Waals surface area contributed by atoms with Crippen molar-refractivity contribution < 1.29 is 4.79 Å². The molecule has 0 spiro atoms. The van der Waals surface area contributed by atoms with Gasteiger partial charge >= 0.3 is 0 Å². The van der Waals surface area contributed by atoms with Crippen molar-refractivity contribution in [3.05, 3.63) is 46.2 Å². The van der Waals surface area contributed by atoms with E-state index in [0.717, 1.165) is 23.9 Å². The van der Waals surface area contributed by atoms with Gasteiger partial charge in [0.1, 0.15) is 5.69 Å². The highest BCUT2D eigenvalue weighted by Gasteiger charge is 2.45. The van der Waals surface area contributed by atoms with E-state index in [9.17, 15) is 4.79 Å². The van der Waals surface area contributed by atoms with Crippen molar-refractivity contribution in [2.24, 2.45) is 7.05 Å². The minimum Gasteiger partial charge on any atom is -0.339 e. The highest BCUT2D eigenvalue weighted by Crippen LogP contribution is 2.48. The molecule has 21 heavy (non-hydrogen) atoms. The van der Waals surface area contributed by atoms with E-state index >= 15 is 0 Å². The van der Waals surface area contributed by atoms with Crippen molar-refractivity contribution in [1.82, 2.24) is 19.9 Å². The van der Waals surface area contributed by atoms with Gasteiger partial charge < -0.3 is 4.90 Å². The minimum atomic E-state index is -0.0362. The molecule has 3 rings (SSSR count). The molecule has 0 unspecified atom stereocenters. The van der Waals surface area contributed by atoms with E-state index in [2.05, 4.69) is 50.5 Å². The normalized spacial score (nSPS) is 15.8. The third-order valence-electron chi connectivity index (χ3n) is 4.13. The van der Waals surface area contributed by atoms with Crippen LogP contribution in [0.2, 0.25) is 0 Å². The first kappa shape index (κ1) is 14.3. The van der Waals surface area contributed by atoms with Gasteiger partial charge in [-0.1, -0.05) is 33.3 Å². The fourth-order valence-corrected chi connectivity index (χ4v) is 2.96. The summed E-state index contributed by atoms with van der Waals surface area (Å²) in [6, 6.07) is 8.40. The van der Waals surface area contributed by atoms with Crippen LogP contribution in [0.15, 0.2) is 34.9 Å². The first-order valence-corrected chi connectivity index (χ1v) is 7.67. The van der Waals surface area contributed by atoms with Gasteiger partial charge in [0.15, 0.2) is 0 Å². The lowest BCUT2D eigenvalue weighted by Gasteiger charge is -2.24. The molecule has 110 valence electrons. The third-order valence-corrected chi connectivity index (χ3v) is 4.66. The Morgan fingerprint density at radius 3 is 2.57 bits per heavy atom. The molecule has 0 saturated heterocycles. The van der Waals surface area contributed by atoms with Crippen molar-refractivity contribution in [3.63, 3.8) is 0 Å². The SMILES string of the molecule is CN(CC1(c2ccc(Br)cc2)CC1)C(=O)c1cnnn1C. The summed E-state index contributed by atoms with van der Waals surface area (Å²) >= 11 is 3.46. The van der Waals surface area contributed by atoms with E-state index < -0.39 is 0 Å². The largest absolute Gasteiger partial charge is 0.339 e. The third kappa shape index (κ3) is 2.72. The highest BCUT2D eigenvalue weighted by atomic mass is 79.9. The van der Waals surface area contributed by atoms with Gasteiger partial charge in [-0.3, -0.25) is 4.79 Å². The second kappa shape index (κ2) is 5.26. The molecule has 1 aromatic carbocycles. The maximum Gasteiger partial charge on any atom is 0.273 e. The van der Waals surface area contributed by atoms with Gasteiger partial charge in [-0.15, -0.1) is 5.10 Å². The Bertz CT molecular complexity index is 661. The number of benzene rings is 1. The predicted octanol–water partition coefficient (Wildman–Crippen LogP) is 2.38. The maximum atomic E-state index is 12.4. The molecule has 0 radical (unpaired) electrons. The number of nitrogens with zero attached hydrogens (tertiary/aromatic N) is 4. The minimum absolute atomic E-state index is 0.0362. The number of hydrogen-bond acceptors (Lipinski definition) is 3. The average molecular weight is 349 g/mol. The fourth-order valence-electron chi connectivity index (χ4n) is 2.70. The molecule has 1 saturated carbocycles. The molecule has 2 aromatic rings. The van der Waals surface area contributed by atoms with Crippen LogP contribution in [0.25, 0.3) is 0 Å². The molecule has 0 N–H and O–H groups in total. The average Bonchev–Trinajstić information content (AvgIpc) is 3.12. The first-order valence-electron chi connectivity index (χ1n) is 6.88. The Hall–Kier alpha value is -1.69. The number of carbonyl (C=O) groups is 1. The topological polar surface area (TPSA) is 51.0 Å². The zero-order valence-electron chi connectivity index (χ0n) is 12.1. The van der Waals surface area contributed by atoms with E-state index in [4.69, 9.17) is 0 Å². The van der Waals surface area contributed by atoms with E-state index in [0.29, 0.717) is 5.69 Å². The van der Waals surface area contributed by atoms with Crippen LogP contribution in [0.4, 0.5) is 0 Å². The van der Waals surface area contributed by atoms with Crippen molar-refractivity contribution in [2.45, 2.75) is 18.3 Å². The van der Waals surface area contributed by atoms with Crippen molar-refractivity contribution in [3.8, 4) is 0 Å². The number of rotatable bonds is 4. The van der Waals surface area contributed by atoms with Gasteiger partial charge in [0.2, 0.25) is 0 Å². The Balaban J connectivity index is 1.75. The van der Waals surface area contributed by atoms with Gasteiger partial charge in [0.05, 0.1) is 6.20 Å². The van der Waals surface area contributed by atoms with E-state index in [1.165, 1.54) is 16.4 Å². The van der Waals surface area contributed by atoms with Gasteiger partial charge in [-0.05, 0) is 30.5 Å².